The Labute approximate surface area is 225 Å². The van der Waals surface area contributed by atoms with Crippen molar-refractivity contribution in [3.8, 4) is 21.9 Å². The number of ether oxygens (including phenoxy) is 1. The number of ketones is 1. The van der Waals surface area contributed by atoms with E-state index in [0.29, 0.717) is 36.7 Å². The third-order valence-corrected chi connectivity index (χ3v) is 7.85. The van der Waals surface area contributed by atoms with Crippen molar-refractivity contribution in [3.05, 3.63) is 60.3 Å². The van der Waals surface area contributed by atoms with Crippen molar-refractivity contribution in [1.29, 1.82) is 0 Å². The average Bonchev–Trinajstić information content (AvgIpc) is 3.37. The Balaban J connectivity index is 1.29. The Kier molecular flexibility index (Phi) is 7.83. The van der Waals surface area contributed by atoms with E-state index < -0.39 is 5.82 Å². The maximum atomic E-state index is 14.9. The summed E-state index contributed by atoms with van der Waals surface area (Å²) in [5, 5.41) is 4.46. The minimum Gasteiger partial charge on any atom is -0.453 e. The molecule has 0 atom stereocenters. The summed E-state index contributed by atoms with van der Waals surface area (Å²) in [6, 6.07) is 8.42. The van der Waals surface area contributed by atoms with Gasteiger partial charge in [0.25, 0.3) is 0 Å². The fourth-order valence-electron chi connectivity index (χ4n) is 4.47. The highest BCUT2D eigenvalue weighted by atomic mass is 32.1. The Bertz CT molecular complexity index is 1460. The van der Waals surface area contributed by atoms with E-state index in [-0.39, 0.29) is 23.9 Å². The van der Waals surface area contributed by atoms with Crippen LogP contribution in [0.4, 0.5) is 4.39 Å². The molecule has 38 heavy (non-hydrogen) atoms. The molecule has 198 valence electrons. The first kappa shape index (κ1) is 26.0. The molecule has 0 radical (unpaired) electrons. The number of thiophene rings is 1. The Hall–Kier alpha value is -3.59. The number of aromatic nitrogens is 3. The SMILES string of the molecule is CCCN(CCn1cc(-c2cc3nccc(Oc4ccc(CC(=O)CC5CC5)cc4F)c3s2)cn1)C(C)=O. The molecule has 7 nitrogen and oxygen atoms in total. The molecular formula is C29H31FN4O3S. The van der Waals surface area contributed by atoms with Gasteiger partial charge in [0.05, 0.1) is 23.0 Å². The first-order valence-electron chi connectivity index (χ1n) is 13.0. The zero-order valence-corrected chi connectivity index (χ0v) is 22.5. The molecule has 0 saturated heterocycles. The second kappa shape index (κ2) is 11.4. The van der Waals surface area contributed by atoms with Crippen LogP contribution in [0.1, 0.15) is 45.1 Å². The van der Waals surface area contributed by atoms with Gasteiger partial charge in [-0.2, -0.15) is 5.10 Å². The van der Waals surface area contributed by atoms with E-state index in [1.54, 1.807) is 37.5 Å². The minimum absolute atomic E-state index is 0.0653. The number of carbonyl (C=O) groups excluding carboxylic acids is 2. The van der Waals surface area contributed by atoms with E-state index in [2.05, 4.69) is 17.0 Å². The molecule has 4 aromatic rings. The molecule has 1 aliphatic carbocycles. The van der Waals surface area contributed by atoms with E-state index in [1.165, 1.54) is 17.4 Å². The number of fused-ring (bicyclic) bond motifs is 1. The Morgan fingerprint density at radius 1 is 1.18 bits per heavy atom. The van der Waals surface area contributed by atoms with Gasteiger partial charge in [0, 0.05) is 61.8 Å². The molecule has 3 aromatic heterocycles. The summed E-state index contributed by atoms with van der Waals surface area (Å²) in [5.41, 5.74) is 2.36. The number of hydrogen-bond donors (Lipinski definition) is 0. The van der Waals surface area contributed by atoms with Crippen molar-refractivity contribution in [1.82, 2.24) is 19.7 Å². The predicted molar refractivity (Wildman–Crippen MR) is 146 cm³/mol. The summed E-state index contributed by atoms with van der Waals surface area (Å²) in [5.74, 6) is 0.885. The van der Waals surface area contributed by atoms with Crippen molar-refractivity contribution in [3.63, 3.8) is 0 Å². The van der Waals surface area contributed by atoms with E-state index in [4.69, 9.17) is 4.74 Å². The van der Waals surface area contributed by atoms with Crippen LogP contribution in [0.25, 0.3) is 20.7 Å². The number of benzene rings is 1. The molecule has 0 bridgehead atoms. The van der Waals surface area contributed by atoms with Crippen LogP contribution in [-0.2, 0) is 22.6 Å². The Morgan fingerprint density at radius 3 is 2.76 bits per heavy atom. The third kappa shape index (κ3) is 6.27. The quantitative estimate of drug-likeness (QED) is 0.214. The zero-order valence-electron chi connectivity index (χ0n) is 21.7. The highest BCUT2D eigenvalue weighted by Gasteiger charge is 2.24. The smallest absolute Gasteiger partial charge is 0.219 e. The maximum Gasteiger partial charge on any atom is 0.219 e. The van der Waals surface area contributed by atoms with Crippen LogP contribution in [0.15, 0.2) is 48.9 Å². The van der Waals surface area contributed by atoms with Crippen molar-refractivity contribution in [2.45, 2.75) is 52.5 Å². The standard InChI is InChI=1S/C29H31FN4O3S/c1-3-10-33(19(2)35)11-12-34-18-22(17-32-34)28-16-25-29(38-28)27(8-9-31-25)37-26-7-6-21(15-24(26)30)14-23(36)13-20-4-5-20/h6-9,15-18,20H,3-5,10-14H2,1-2H3. The number of nitrogens with zero attached hydrogens (tertiary/aromatic N) is 4. The fraction of sp³-hybridized carbons (Fsp3) is 0.379. The highest BCUT2D eigenvalue weighted by Crippen LogP contribution is 2.39. The maximum absolute atomic E-state index is 14.9. The van der Waals surface area contributed by atoms with Crippen LogP contribution in [-0.4, -0.2) is 44.4 Å². The van der Waals surface area contributed by atoms with Crippen LogP contribution in [0.3, 0.4) is 0 Å². The van der Waals surface area contributed by atoms with E-state index in [1.807, 2.05) is 21.8 Å². The average molecular weight is 535 g/mol. The van der Waals surface area contributed by atoms with Gasteiger partial charge in [0.2, 0.25) is 5.91 Å². The van der Waals surface area contributed by atoms with Gasteiger partial charge in [-0.3, -0.25) is 19.3 Å². The van der Waals surface area contributed by atoms with Gasteiger partial charge in [-0.15, -0.1) is 11.3 Å². The molecule has 1 aliphatic rings. The molecule has 0 unspecified atom stereocenters. The molecule has 1 fully saturated rings. The van der Waals surface area contributed by atoms with Crippen LogP contribution < -0.4 is 4.74 Å². The molecule has 0 aliphatic heterocycles. The van der Waals surface area contributed by atoms with Crippen molar-refractivity contribution in [2.75, 3.05) is 13.1 Å². The molecule has 3 heterocycles. The van der Waals surface area contributed by atoms with Crippen LogP contribution in [0, 0.1) is 11.7 Å². The highest BCUT2D eigenvalue weighted by molar-refractivity contribution is 7.22. The van der Waals surface area contributed by atoms with Gasteiger partial charge in [-0.25, -0.2) is 4.39 Å². The number of hydrogen-bond acceptors (Lipinski definition) is 6. The van der Waals surface area contributed by atoms with Gasteiger partial charge < -0.3 is 9.64 Å². The monoisotopic (exact) mass is 534 g/mol. The number of rotatable bonds is 12. The molecular weight excluding hydrogens is 503 g/mol. The van der Waals surface area contributed by atoms with Crippen molar-refractivity contribution in [2.24, 2.45) is 5.92 Å². The van der Waals surface area contributed by atoms with Gasteiger partial charge in [0.1, 0.15) is 11.5 Å². The first-order valence-corrected chi connectivity index (χ1v) is 13.9. The van der Waals surface area contributed by atoms with Crippen LogP contribution in [0.2, 0.25) is 0 Å². The second-order valence-electron chi connectivity index (χ2n) is 9.86. The first-order chi connectivity index (χ1) is 18.4. The molecule has 1 amide bonds. The molecule has 9 heteroatoms. The number of halogens is 1. The molecule has 1 saturated carbocycles. The lowest BCUT2D eigenvalue weighted by atomic mass is 10.0. The van der Waals surface area contributed by atoms with E-state index in [9.17, 15) is 14.0 Å². The van der Waals surface area contributed by atoms with Crippen LogP contribution in [0.5, 0.6) is 11.5 Å². The number of carbonyl (C=O) groups is 2. The largest absolute Gasteiger partial charge is 0.453 e. The van der Waals surface area contributed by atoms with Crippen molar-refractivity contribution >= 4 is 33.2 Å². The predicted octanol–water partition coefficient (Wildman–Crippen LogP) is 6.26. The number of amides is 1. The van der Waals surface area contributed by atoms with Gasteiger partial charge >= 0.3 is 0 Å². The molecule has 5 rings (SSSR count). The number of pyridine rings is 1. The lowest BCUT2D eigenvalue weighted by Crippen LogP contribution is -2.32. The van der Waals surface area contributed by atoms with E-state index >= 15 is 0 Å². The van der Waals surface area contributed by atoms with Gasteiger partial charge in [0.15, 0.2) is 11.6 Å². The fourth-order valence-corrected chi connectivity index (χ4v) is 5.51. The molecule has 0 spiro atoms. The van der Waals surface area contributed by atoms with Gasteiger partial charge in [-0.05, 0) is 48.9 Å². The zero-order chi connectivity index (χ0) is 26.6. The Morgan fingerprint density at radius 2 is 2.03 bits per heavy atom. The third-order valence-electron chi connectivity index (χ3n) is 6.66. The summed E-state index contributed by atoms with van der Waals surface area (Å²) in [7, 11) is 0. The van der Waals surface area contributed by atoms with E-state index in [0.717, 1.165) is 46.5 Å². The summed E-state index contributed by atoms with van der Waals surface area (Å²) >= 11 is 1.50. The molecule has 1 aromatic carbocycles. The molecule has 0 N–H and O–H groups in total. The van der Waals surface area contributed by atoms with Crippen LogP contribution >= 0.6 is 11.3 Å². The topological polar surface area (TPSA) is 77.3 Å². The normalized spacial score (nSPS) is 13.1. The van der Waals surface area contributed by atoms with Gasteiger partial charge in [-0.1, -0.05) is 13.0 Å². The number of Topliss-reactive ketones (excluding diaryl/α,β-unsaturated/α-hetero) is 1. The lowest BCUT2D eigenvalue weighted by molar-refractivity contribution is -0.129. The summed E-state index contributed by atoms with van der Waals surface area (Å²) in [6.45, 7) is 5.59. The lowest BCUT2D eigenvalue weighted by Gasteiger charge is -2.19. The second-order valence-corrected chi connectivity index (χ2v) is 10.9. The minimum atomic E-state index is -0.493. The summed E-state index contributed by atoms with van der Waals surface area (Å²) in [4.78, 5) is 31.2. The van der Waals surface area contributed by atoms with Crippen molar-refractivity contribution < 1.29 is 18.7 Å². The summed E-state index contributed by atoms with van der Waals surface area (Å²) < 4.78 is 23.5. The summed E-state index contributed by atoms with van der Waals surface area (Å²) in [6.07, 6.45) is 9.40.